The number of aromatic amines is 1. The summed E-state index contributed by atoms with van der Waals surface area (Å²) in [6.07, 6.45) is 3.72. The molecule has 26 heavy (non-hydrogen) atoms. The minimum absolute atomic E-state index is 0.133. The molecule has 1 saturated carbocycles. The Kier molecular flexibility index (Phi) is 4.66. The van der Waals surface area contributed by atoms with Crippen molar-refractivity contribution in [3.05, 3.63) is 41.5 Å². The van der Waals surface area contributed by atoms with Crippen LogP contribution < -0.4 is 4.74 Å². The van der Waals surface area contributed by atoms with Gasteiger partial charge in [-0.2, -0.15) is 5.10 Å². The first-order chi connectivity index (χ1) is 12.7. The summed E-state index contributed by atoms with van der Waals surface area (Å²) in [5, 5.41) is 7.34. The van der Waals surface area contributed by atoms with E-state index in [0.29, 0.717) is 17.7 Å². The Bertz CT molecular complexity index is 780. The lowest BCUT2D eigenvalue weighted by molar-refractivity contribution is -0.133. The molecule has 6 nitrogen and oxygen atoms in total. The number of nitrogens with one attached hydrogen (secondary N) is 1. The third-order valence-electron chi connectivity index (χ3n) is 5.69. The maximum Gasteiger partial charge on any atom is 0.226 e. The average Bonchev–Trinajstić information content (AvgIpc) is 3.36. The van der Waals surface area contributed by atoms with E-state index in [-0.39, 0.29) is 5.92 Å². The van der Waals surface area contributed by atoms with Gasteiger partial charge in [0.1, 0.15) is 11.6 Å². The molecule has 1 N–H and O–H groups in total. The fraction of sp³-hybridized carbons (Fsp3) is 0.550. The molecule has 2 unspecified atom stereocenters. The molecule has 0 spiro atoms. The average molecular weight is 354 g/mol. The number of carbonyl (C=O) groups excluding carboxylic acids is 1. The van der Waals surface area contributed by atoms with Gasteiger partial charge in [0.25, 0.3) is 0 Å². The highest BCUT2D eigenvalue weighted by Crippen LogP contribution is 2.49. The molecule has 4 rings (SSSR count). The number of benzene rings is 1. The smallest absolute Gasteiger partial charge is 0.226 e. The summed E-state index contributed by atoms with van der Waals surface area (Å²) < 4.78 is 5.30. The highest BCUT2D eigenvalue weighted by Gasteiger charge is 2.46. The fourth-order valence-corrected chi connectivity index (χ4v) is 3.95. The van der Waals surface area contributed by atoms with Gasteiger partial charge in [-0.05, 0) is 42.9 Å². The summed E-state index contributed by atoms with van der Waals surface area (Å²) in [6.45, 7) is 3.68. The van der Waals surface area contributed by atoms with Gasteiger partial charge in [0.15, 0.2) is 5.82 Å². The number of carbonyl (C=O) groups is 1. The first-order valence-electron chi connectivity index (χ1n) is 9.53. The number of piperidine rings is 1. The standard InChI is InChI=1S/C20H26N4O2/c1-3-18-21-19(23-22-18)13-7-9-24(10-8-13)20(25)17-12-16(17)14-5-4-6-15(11-14)26-2/h4-6,11,13,16-17H,3,7-10,12H2,1-2H3,(H,21,22,23). The minimum Gasteiger partial charge on any atom is -0.497 e. The van der Waals surface area contributed by atoms with E-state index in [4.69, 9.17) is 4.74 Å². The van der Waals surface area contributed by atoms with Gasteiger partial charge in [0.2, 0.25) is 5.91 Å². The van der Waals surface area contributed by atoms with Crippen LogP contribution in [-0.4, -0.2) is 46.2 Å². The molecule has 2 heterocycles. The summed E-state index contributed by atoms with van der Waals surface area (Å²) in [7, 11) is 1.68. The number of nitrogens with zero attached hydrogens (tertiary/aromatic N) is 3. The maximum atomic E-state index is 12.8. The highest BCUT2D eigenvalue weighted by atomic mass is 16.5. The summed E-state index contributed by atoms with van der Waals surface area (Å²) >= 11 is 0. The SMILES string of the molecule is CCc1nc(C2CCN(C(=O)C3CC3c3cccc(OC)c3)CC2)n[nH]1. The minimum atomic E-state index is 0.133. The van der Waals surface area contributed by atoms with E-state index < -0.39 is 0 Å². The molecule has 1 aromatic heterocycles. The molecule has 0 bridgehead atoms. The van der Waals surface area contributed by atoms with Crippen molar-refractivity contribution < 1.29 is 9.53 Å². The molecule has 138 valence electrons. The van der Waals surface area contributed by atoms with Crippen LogP contribution >= 0.6 is 0 Å². The van der Waals surface area contributed by atoms with Crippen LogP contribution in [0, 0.1) is 5.92 Å². The van der Waals surface area contributed by atoms with E-state index in [1.807, 2.05) is 17.0 Å². The van der Waals surface area contributed by atoms with Crippen molar-refractivity contribution in [2.45, 2.75) is 44.4 Å². The summed E-state index contributed by atoms with van der Waals surface area (Å²) in [4.78, 5) is 19.4. The van der Waals surface area contributed by atoms with Crippen molar-refractivity contribution >= 4 is 5.91 Å². The van der Waals surface area contributed by atoms with Gasteiger partial charge in [-0.1, -0.05) is 19.1 Å². The molecule has 0 radical (unpaired) electrons. The number of hydrogen-bond acceptors (Lipinski definition) is 4. The predicted molar refractivity (Wildman–Crippen MR) is 98.2 cm³/mol. The summed E-state index contributed by atoms with van der Waals surface area (Å²) in [5.74, 6) is 3.86. The predicted octanol–water partition coefficient (Wildman–Crippen LogP) is 2.89. The number of ether oxygens (including phenoxy) is 1. The first-order valence-corrected chi connectivity index (χ1v) is 9.53. The number of aryl methyl sites for hydroxylation is 1. The Morgan fingerprint density at radius 3 is 2.85 bits per heavy atom. The number of amides is 1. The Morgan fingerprint density at radius 2 is 2.15 bits per heavy atom. The van der Waals surface area contributed by atoms with Gasteiger partial charge in [-0.15, -0.1) is 0 Å². The Hall–Kier alpha value is -2.37. The Morgan fingerprint density at radius 1 is 1.35 bits per heavy atom. The van der Waals surface area contributed by atoms with Crippen LogP contribution in [-0.2, 0) is 11.2 Å². The lowest BCUT2D eigenvalue weighted by Gasteiger charge is -2.31. The number of rotatable bonds is 5. The molecule has 2 atom stereocenters. The van der Waals surface area contributed by atoms with Crippen molar-refractivity contribution in [3.8, 4) is 5.75 Å². The van der Waals surface area contributed by atoms with Gasteiger partial charge in [-0.3, -0.25) is 9.89 Å². The van der Waals surface area contributed by atoms with Crippen molar-refractivity contribution in [3.63, 3.8) is 0 Å². The summed E-state index contributed by atoms with van der Waals surface area (Å²) in [5.41, 5.74) is 1.21. The number of H-pyrrole nitrogens is 1. The van der Waals surface area contributed by atoms with Gasteiger partial charge in [0.05, 0.1) is 7.11 Å². The molecule has 6 heteroatoms. The van der Waals surface area contributed by atoms with Crippen molar-refractivity contribution in [2.24, 2.45) is 5.92 Å². The zero-order valence-corrected chi connectivity index (χ0v) is 15.4. The number of methoxy groups -OCH3 is 1. The van der Waals surface area contributed by atoms with Crippen molar-refractivity contribution in [1.82, 2.24) is 20.1 Å². The first kappa shape index (κ1) is 17.1. The maximum absolute atomic E-state index is 12.8. The highest BCUT2D eigenvalue weighted by molar-refractivity contribution is 5.83. The van der Waals surface area contributed by atoms with Crippen LogP contribution in [0.4, 0.5) is 0 Å². The third kappa shape index (κ3) is 3.32. The normalized spacial score (nSPS) is 23.1. The van der Waals surface area contributed by atoms with Crippen LogP contribution in [0.1, 0.15) is 55.2 Å². The lowest BCUT2D eigenvalue weighted by atomic mass is 9.95. The van der Waals surface area contributed by atoms with Crippen LogP contribution in [0.15, 0.2) is 24.3 Å². The van der Waals surface area contributed by atoms with Crippen LogP contribution in [0.25, 0.3) is 0 Å². The zero-order valence-electron chi connectivity index (χ0n) is 15.4. The molecule has 2 fully saturated rings. The van der Waals surface area contributed by atoms with Crippen LogP contribution in [0.2, 0.25) is 0 Å². The number of hydrogen-bond donors (Lipinski definition) is 1. The van der Waals surface area contributed by atoms with E-state index in [1.54, 1.807) is 7.11 Å². The van der Waals surface area contributed by atoms with Crippen LogP contribution in [0.5, 0.6) is 5.75 Å². The van der Waals surface area contributed by atoms with Crippen molar-refractivity contribution in [1.29, 1.82) is 0 Å². The molecular formula is C20H26N4O2. The molecule has 2 aliphatic rings. The molecular weight excluding hydrogens is 328 g/mol. The second-order valence-corrected chi connectivity index (χ2v) is 7.32. The Balaban J connectivity index is 1.33. The topological polar surface area (TPSA) is 71.1 Å². The fourth-order valence-electron chi connectivity index (χ4n) is 3.95. The van der Waals surface area contributed by atoms with Gasteiger partial charge < -0.3 is 9.64 Å². The quantitative estimate of drug-likeness (QED) is 0.896. The lowest BCUT2D eigenvalue weighted by Crippen LogP contribution is -2.39. The molecule has 2 aromatic rings. The second kappa shape index (κ2) is 7.09. The Labute approximate surface area is 154 Å². The zero-order chi connectivity index (χ0) is 18.1. The van der Waals surface area contributed by atoms with Gasteiger partial charge in [0, 0.05) is 31.3 Å². The number of likely N-dealkylation sites (tertiary alicyclic amines) is 1. The molecule has 1 amide bonds. The second-order valence-electron chi connectivity index (χ2n) is 7.32. The van der Waals surface area contributed by atoms with E-state index in [2.05, 4.69) is 34.2 Å². The molecule has 1 aliphatic carbocycles. The molecule has 1 aliphatic heterocycles. The third-order valence-corrected chi connectivity index (χ3v) is 5.69. The van der Waals surface area contributed by atoms with Crippen molar-refractivity contribution in [2.75, 3.05) is 20.2 Å². The molecule has 1 aromatic carbocycles. The monoisotopic (exact) mass is 354 g/mol. The van der Waals surface area contributed by atoms with Gasteiger partial charge >= 0.3 is 0 Å². The van der Waals surface area contributed by atoms with E-state index in [0.717, 1.165) is 56.2 Å². The molecule has 1 saturated heterocycles. The van der Waals surface area contributed by atoms with Crippen LogP contribution in [0.3, 0.4) is 0 Å². The largest absolute Gasteiger partial charge is 0.497 e. The van der Waals surface area contributed by atoms with E-state index >= 15 is 0 Å². The van der Waals surface area contributed by atoms with E-state index in [1.165, 1.54) is 5.56 Å². The number of aromatic nitrogens is 3. The van der Waals surface area contributed by atoms with E-state index in [9.17, 15) is 4.79 Å². The summed E-state index contributed by atoms with van der Waals surface area (Å²) in [6, 6.07) is 8.10. The van der Waals surface area contributed by atoms with Gasteiger partial charge in [-0.25, -0.2) is 4.98 Å².